The molecular weight excluding hydrogens is 290 g/mol. The van der Waals surface area contributed by atoms with E-state index < -0.39 is 0 Å². The van der Waals surface area contributed by atoms with E-state index in [1.807, 2.05) is 18.2 Å². The molecule has 3 N–H and O–H groups in total. The number of aliphatic imine (C=N–C) groups is 1. The Kier molecular flexibility index (Phi) is 4.74. The highest BCUT2D eigenvalue weighted by atomic mass is 16.5. The quantitative estimate of drug-likeness (QED) is 0.498. The molecule has 124 valence electrons. The lowest BCUT2D eigenvalue weighted by Crippen LogP contribution is -2.31. The molecule has 0 heterocycles. The van der Waals surface area contributed by atoms with Gasteiger partial charge in [-0.1, -0.05) is 12.2 Å². The molecule has 1 fully saturated rings. The number of fused-ring (bicyclic) bond motifs is 2. The van der Waals surface area contributed by atoms with Crippen LogP contribution in [0.25, 0.3) is 0 Å². The number of nitrogens with one attached hydrogen (secondary N) is 1. The van der Waals surface area contributed by atoms with Crippen LogP contribution in [0.2, 0.25) is 0 Å². The van der Waals surface area contributed by atoms with Gasteiger partial charge < -0.3 is 20.5 Å². The third kappa shape index (κ3) is 3.60. The van der Waals surface area contributed by atoms with Gasteiger partial charge in [0, 0.05) is 18.3 Å². The third-order valence-corrected chi connectivity index (χ3v) is 4.86. The number of hydrogen-bond acceptors (Lipinski definition) is 3. The third-order valence-electron chi connectivity index (χ3n) is 4.86. The minimum absolute atomic E-state index is 0.447. The summed E-state index contributed by atoms with van der Waals surface area (Å²) in [5, 5.41) is 3.13. The van der Waals surface area contributed by atoms with Crippen molar-refractivity contribution in [2.45, 2.75) is 19.3 Å². The number of nitrogens with two attached hydrogens (primary N) is 1. The van der Waals surface area contributed by atoms with Gasteiger partial charge in [0.2, 0.25) is 0 Å². The molecule has 1 aromatic rings. The maximum Gasteiger partial charge on any atom is 0.193 e. The van der Waals surface area contributed by atoms with Crippen LogP contribution in [-0.2, 0) is 0 Å². The van der Waals surface area contributed by atoms with Crippen LogP contribution in [0, 0.1) is 17.8 Å². The van der Waals surface area contributed by atoms with Crippen molar-refractivity contribution >= 4 is 11.6 Å². The summed E-state index contributed by atoms with van der Waals surface area (Å²) < 4.78 is 10.5. The molecule has 5 nitrogen and oxygen atoms in total. The van der Waals surface area contributed by atoms with Gasteiger partial charge in [-0.3, -0.25) is 4.99 Å². The van der Waals surface area contributed by atoms with E-state index in [0.29, 0.717) is 29.3 Å². The second-order valence-electron chi connectivity index (χ2n) is 6.30. The lowest BCUT2D eigenvalue weighted by Gasteiger charge is -2.37. The first-order valence-corrected chi connectivity index (χ1v) is 8.17. The molecule has 1 saturated carbocycles. The topological polar surface area (TPSA) is 68.9 Å². The zero-order valence-electron chi connectivity index (χ0n) is 13.8. The fourth-order valence-electron chi connectivity index (χ4n) is 3.58. The number of ether oxygens (including phenoxy) is 2. The molecule has 23 heavy (non-hydrogen) atoms. The first-order valence-electron chi connectivity index (χ1n) is 8.17. The average molecular weight is 315 g/mol. The molecule has 3 atom stereocenters. The molecule has 2 bridgehead atoms. The summed E-state index contributed by atoms with van der Waals surface area (Å²) in [6.45, 7) is 0.789. The molecule has 0 saturated heterocycles. The van der Waals surface area contributed by atoms with E-state index in [1.54, 1.807) is 14.2 Å². The highest BCUT2D eigenvalue weighted by Gasteiger charge is 2.31. The first kappa shape index (κ1) is 15.7. The Morgan fingerprint density at radius 2 is 2.04 bits per heavy atom. The van der Waals surface area contributed by atoms with Gasteiger partial charge in [0.15, 0.2) is 17.5 Å². The van der Waals surface area contributed by atoms with E-state index in [0.717, 1.165) is 18.2 Å². The fraction of sp³-hybridized carbons (Fsp3) is 0.500. The van der Waals surface area contributed by atoms with Gasteiger partial charge in [0.25, 0.3) is 0 Å². The molecule has 3 aliphatic carbocycles. The molecule has 0 aromatic heterocycles. The van der Waals surface area contributed by atoms with Crippen molar-refractivity contribution in [3.8, 4) is 11.5 Å². The first-order chi connectivity index (χ1) is 11.2. The molecule has 0 aliphatic heterocycles. The fourth-order valence-corrected chi connectivity index (χ4v) is 3.58. The van der Waals surface area contributed by atoms with Crippen molar-refractivity contribution in [2.24, 2.45) is 28.5 Å². The van der Waals surface area contributed by atoms with Crippen LogP contribution >= 0.6 is 0 Å². The second-order valence-corrected chi connectivity index (χ2v) is 6.30. The van der Waals surface area contributed by atoms with E-state index in [-0.39, 0.29) is 0 Å². The summed E-state index contributed by atoms with van der Waals surface area (Å²) in [7, 11) is 3.23. The van der Waals surface area contributed by atoms with Gasteiger partial charge in [-0.2, -0.15) is 0 Å². The van der Waals surface area contributed by atoms with Gasteiger partial charge in [-0.15, -0.1) is 0 Å². The van der Waals surface area contributed by atoms with E-state index in [2.05, 4.69) is 22.5 Å². The smallest absolute Gasteiger partial charge is 0.193 e. The Morgan fingerprint density at radius 3 is 2.65 bits per heavy atom. The molecule has 0 amide bonds. The molecule has 3 aliphatic rings. The molecule has 4 rings (SSSR count). The summed E-state index contributed by atoms with van der Waals surface area (Å²) in [5.74, 6) is 3.86. The Morgan fingerprint density at radius 1 is 1.22 bits per heavy atom. The Bertz CT molecular complexity index is 612. The number of anilines is 1. The molecule has 5 heteroatoms. The van der Waals surface area contributed by atoms with Crippen LogP contribution in [0.4, 0.5) is 5.69 Å². The predicted octanol–water partition coefficient (Wildman–Crippen LogP) is 3.03. The Balaban J connectivity index is 1.60. The number of nitrogens with zero attached hydrogens (tertiary/aromatic N) is 1. The summed E-state index contributed by atoms with van der Waals surface area (Å²) in [4.78, 5) is 4.54. The number of allylic oxidation sites excluding steroid dienone is 2. The van der Waals surface area contributed by atoms with Crippen LogP contribution < -0.4 is 20.5 Å². The van der Waals surface area contributed by atoms with E-state index >= 15 is 0 Å². The molecule has 3 unspecified atom stereocenters. The molecular formula is C18H25N3O2. The van der Waals surface area contributed by atoms with Crippen LogP contribution in [0.3, 0.4) is 0 Å². The van der Waals surface area contributed by atoms with Crippen molar-refractivity contribution in [2.75, 3.05) is 26.1 Å². The molecule has 0 spiro atoms. The maximum absolute atomic E-state index is 6.03. The van der Waals surface area contributed by atoms with Crippen molar-refractivity contribution in [3.05, 3.63) is 30.4 Å². The minimum Gasteiger partial charge on any atom is -0.493 e. The number of benzene rings is 1. The predicted molar refractivity (Wildman–Crippen MR) is 93.1 cm³/mol. The summed E-state index contributed by atoms with van der Waals surface area (Å²) in [5.41, 5.74) is 6.87. The van der Waals surface area contributed by atoms with Crippen molar-refractivity contribution in [1.29, 1.82) is 0 Å². The summed E-state index contributed by atoms with van der Waals surface area (Å²) in [6.07, 6.45) is 8.62. The van der Waals surface area contributed by atoms with Crippen LogP contribution in [0.5, 0.6) is 11.5 Å². The Hall–Kier alpha value is -2.17. The summed E-state index contributed by atoms with van der Waals surface area (Å²) >= 11 is 0. The lowest BCUT2D eigenvalue weighted by atomic mass is 9.69. The monoisotopic (exact) mass is 315 g/mol. The highest BCUT2D eigenvalue weighted by Crippen LogP contribution is 2.40. The van der Waals surface area contributed by atoms with Crippen molar-refractivity contribution in [1.82, 2.24) is 0 Å². The Labute approximate surface area is 137 Å². The SMILES string of the molecule is COc1ccc(NC(N)=NCC2CC3C=CC2CC3)cc1OC. The second kappa shape index (κ2) is 6.94. The number of methoxy groups -OCH3 is 2. The van der Waals surface area contributed by atoms with E-state index in [4.69, 9.17) is 15.2 Å². The number of rotatable bonds is 5. The number of hydrogen-bond donors (Lipinski definition) is 2. The summed E-state index contributed by atoms with van der Waals surface area (Å²) in [6, 6.07) is 5.60. The van der Waals surface area contributed by atoms with Crippen molar-refractivity contribution in [3.63, 3.8) is 0 Å². The lowest BCUT2D eigenvalue weighted by molar-refractivity contribution is 0.227. The standard InChI is InChI=1S/C18H25N3O2/c1-22-16-8-7-15(10-17(16)23-2)21-18(19)20-11-14-9-12-3-5-13(14)6-4-12/h3,5,7-8,10,12-14H,4,6,9,11H2,1-2H3,(H3,19,20,21). The molecule has 0 radical (unpaired) electrons. The van der Waals surface area contributed by atoms with E-state index in [9.17, 15) is 0 Å². The maximum atomic E-state index is 6.03. The van der Waals surface area contributed by atoms with Gasteiger partial charge in [-0.25, -0.2) is 0 Å². The van der Waals surface area contributed by atoms with Gasteiger partial charge in [-0.05, 0) is 49.1 Å². The van der Waals surface area contributed by atoms with Gasteiger partial charge in [0.1, 0.15) is 0 Å². The van der Waals surface area contributed by atoms with Crippen molar-refractivity contribution < 1.29 is 9.47 Å². The van der Waals surface area contributed by atoms with Gasteiger partial charge >= 0.3 is 0 Å². The minimum atomic E-state index is 0.447. The average Bonchev–Trinajstić information content (AvgIpc) is 2.61. The highest BCUT2D eigenvalue weighted by molar-refractivity contribution is 5.92. The number of guanidine groups is 1. The zero-order valence-corrected chi connectivity index (χ0v) is 13.8. The van der Waals surface area contributed by atoms with E-state index in [1.165, 1.54) is 19.3 Å². The zero-order chi connectivity index (χ0) is 16.2. The van der Waals surface area contributed by atoms with Crippen LogP contribution in [0.15, 0.2) is 35.3 Å². The van der Waals surface area contributed by atoms with Gasteiger partial charge in [0.05, 0.1) is 14.2 Å². The largest absolute Gasteiger partial charge is 0.493 e. The van der Waals surface area contributed by atoms with Crippen LogP contribution in [-0.4, -0.2) is 26.7 Å². The molecule has 1 aromatic carbocycles. The van der Waals surface area contributed by atoms with Crippen LogP contribution in [0.1, 0.15) is 19.3 Å². The normalized spacial score (nSPS) is 26.2.